The maximum absolute atomic E-state index is 13.6. The summed E-state index contributed by atoms with van der Waals surface area (Å²) >= 11 is 0. The second kappa shape index (κ2) is 7.19. The Labute approximate surface area is 162 Å². The fourth-order valence-electron chi connectivity index (χ4n) is 2.78. The summed E-state index contributed by atoms with van der Waals surface area (Å²) in [6.07, 6.45) is 4.79. The minimum atomic E-state index is -0.620. The van der Waals surface area contributed by atoms with Crippen molar-refractivity contribution in [2.45, 2.75) is 13.0 Å². The van der Waals surface area contributed by atoms with Gasteiger partial charge in [-0.1, -0.05) is 0 Å². The van der Waals surface area contributed by atoms with E-state index in [1.807, 2.05) is 0 Å². The molecular formula is C18H13F2N7O2. The van der Waals surface area contributed by atoms with Gasteiger partial charge in [-0.15, -0.1) is 0 Å². The highest BCUT2D eigenvalue weighted by Gasteiger charge is 2.21. The zero-order chi connectivity index (χ0) is 20.5. The Morgan fingerprint density at radius 3 is 2.59 bits per heavy atom. The highest BCUT2D eigenvalue weighted by molar-refractivity contribution is 5.63. The van der Waals surface area contributed by atoms with Gasteiger partial charge in [0.15, 0.2) is 5.82 Å². The van der Waals surface area contributed by atoms with Gasteiger partial charge in [0.2, 0.25) is 5.82 Å². The Balaban J connectivity index is 1.75. The molecule has 29 heavy (non-hydrogen) atoms. The quantitative estimate of drug-likeness (QED) is 0.405. The average molecular weight is 397 g/mol. The molecule has 0 fully saturated rings. The number of nitrogens with zero attached hydrogens (tertiary/aromatic N) is 6. The minimum Gasteiger partial charge on any atom is -0.356 e. The van der Waals surface area contributed by atoms with Crippen molar-refractivity contribution in [1.82, 2.24) is 24.3 Å². The van der Waals surface area contributed by atoms with Gasteiger partial charge >= 0.3 is 5.69 Å². The van der Waals surface area contributed by atoms with Crippen LogP contribution in [-0.4, -0.2) is 29.3 Å². The number of nitro groups is 1. The predicted octanol–water partition coefficient (Wildman–Crippen LogP) is 3.55. The fraction of sp³-hybridized carbons (Fsp3) is 0.111. The molecule has 0 saturated carbocycles. The molecule has 9 nitrogen and oxygen atoms in total. The van der Waals surface area contributed by atoms with Crippen LogP contribution in [0.1, 0.15) is 18.7 Å². The van der Waals surface area contributed by atoms with Crippen LogP contribution in [0.5, 0.6) is 0 Å². The van der Waals surface area contributed by atoms with Crippen molar-refractivity contribution in [2.24, 2.45) is 0 Å². The van der Waals surface area contributed by atoms with Crippen molar-refractivity contribution in [3.05, 3.63) is 76.5 Å². The molecule has 1 atom stereocenters. The van der Waals surface area contributed by atoms with Crippen molar-refractivity contribution in [3.63, 3.8) is 0 Å². The topological polar surface area (TPSA) is 111 Å². The molecule has 0 radical (unpaired) electrons. The van der Waals surface area contributed by atoms with Crippen LogP contribution >= 0.6 is 0 Å². The third kappa shape index (κ3) is 3.57. The molecule has 0 bridgehead atoms. The lowest BCUT2D eigenvalue weighted by Crippen LogP contribution is -2.12. The number of fused-ring (bicyclic) bond motifs is 1. The van der Waals surface area contributed by atoms with Crippen molar-refractivity contribution < 1.29 is 13.7 Å². The first-order valence-electron chi connectivity index (χ1n) is 8.45. The molecule has 4 aromatic heterocycles. The number of rotatable bonds is 5. The third-order valence-corrected chi connectivity index (χ3v) is 4.21. The summed E-state index contributed by atoms with van der Waals surface area (Å²) in [5.41, 5.74) is 0.965. The van der Waals surface area contributed by atoms with Gasteiger partial charge < -0.3 is 5.32 Å². The van der Waals surface area contributed by atoms with Crippen LogP contribution in [0.2, 0.25) is 0 Å². The van der Waals surface area contributed by atoms with E-state index in [2.05, 4.69) is 25.3 Å². The Morgan fingerprint density at radius 1 is 1.07 bits per heavy atom. The molecule has 0 aliphatic carbocycles. The summed E-state index contributed by atoms with van der Waals surface area (Å²) in [4.78, 5) is 27.2. The van der Waals surface area contributed by atoms with Gasteiger partial charge in [0.1, 0.15) is 29.2 Å². The van der Waals surface area contributed by atoms with Crippen LogP contribution in [0.3, 0.4) is 0 Å². The summed E-state index contributed by atoms with van der Waals surface area (Å²) in [5, 5.41) is 14.3. The maximum Gasteiger partial charge on any atom is 0.329 e. The van der Waals surface area contributed by atoms with E-state index >= 15 is 0 Å². The van der Waals surface area contributed by atoms with Gasteiger partial charge in [-0.05, 0) is 31.2 Å². The van der Waals surface area contributed by atoms with Crippen molar-refractivity contribution in [2.75, 3.05) is 5.32 Å². The maximum atomic E-state index is 13.6. The predicted molar refractivity (Wildman–Crippen MR) is 99.1 cm³/mol. The van der Waals surface area contributed by atoms with Gasteiger partial charge in [0.05, 0.1) is 29.1 Å². The minimum absolute atomic E-state index is 0.0509. The van der Waals surface area contributed by atoms with Gasteiger partial charge in [0, 0.05) is 6.20 Å². The second-order valence-corrected chi connectivity index (χ2v) is 6.17. The zero-order valence-corrected chi connectivity index (χ0v) is 15.0. The number of imidazole rings is 1. The Morgan fingerprint density at radius 2 is 1.86 bits per heavy atom. The number of anilines is 1. The molecule has 4 heterocycles. The molecule has 0 saturated heterocycles. The van der Waals surface area contributed by atoms with E-state index in [-0.39, 0.29) is 17.3 Å². The molecule has 1 unspecified atom stereocenters. The van der Waals surface area contributed by atoms with E-state index in [1.54, 1.807) is 6.92 Å². The number of pyridine rings is 2. The summed E-state index contributed by atoms with van der Waals surface area (Å²) in [5.74, 6) is -0.899. The van der Waals surface area contributed by atoms with Crippen LogP contribution in [-0.2, 0) is 0 Å². The van der Waals surface area contributed by atoms with E-state index in [0.29, 0.717) is 17.0 Å². The summed E-state index contributed by atoms with van der Waals surface area (Å²) < 4.78 is 28.2. The largest absolute Gasteiger partial charge is 0.356 e. The van der Waals surface area contributed by atoms with Crippen molar-refractivity contribution in [1.29, 1.82) is 0 Å². The van der Waals surface area contributed by atoms with Crippen LogP contribution in [0.25, 0.3) is 17.2 Å². The molecule has 0 amide bonds. The lowest BCUT2D eigenvalue weighted by atomic mass is 10.2. The number of hydrogen-bond donors (Lipinski definition) is 1. The molecule has 4 aromatic rings. The van der Waals surface area contributed by atoms with Gasteiger partial charge in [0.25, 0.3) is 0 Å². The molecule has 4 rings (SSSR count). The van der Waals surface area contributed by atoms with E-state index < -0.39 is 22.6 Å². The second-order valence-electron chi connectivity index (χ2n) is 6.17. The van der Waals surface area contributed by atoms with Gasteiger partial charge in [-0.25, -0.2) is 23.7 Å². The first kappa shape index (κ1) is 18.3. The average Bonchev–Trinajstić information content (AvgIpc) is 3.11. The molecule has 146 valence electrons. The lowest BCUT2D eigenvalue weighted by molar-refractivity contribution is -0.384. The van der Waals surface area contributed by atoms with E-state index in [0.717, 1.165) is 12.4 Å². The first-order chi connectivity index (χ1) is 13.9. The smallest absolute Gasteiger partial charge is 0.329 e. The van der Waals surface area contributed by atoms with E-state index in [1.165, 1.54) is 41.1 Å². The summed E-state index contributed by atoms with van der Waals surface area (Å²) in [7, 11) is 0. The van der Waals surface area contributed by atoms with Crippen LogP contribution < -0.4 is 5.32 Å². The lowest BCUT2D eigenvalue weighted by Gasteiger charge is -2.14. The standard InChI is InChI=1S/C18H13F2N7O2/c1-10(13-4-2-11(19)6-21-13)24-18-15(27(28)29)8-23-17(25-18)14-7-22-16-5-3-12(20)9-26(14)16/h2-10H,1H3,(H,23,24,25). The number of nitrogens with one attached hydrogen (secondary N) is 1. The summed E-state index contributed by atoms with van der Waals surface area (Å²) in [6.45, 7) is 1.70. The molecule has 1 N–H and O–H groups in total. The van der Waals surface area contributed by atoms with E-state index in [9.17, 15) is 18.9 Å². The highest BCUT2D eigenvalue weighted by Crippen LogP contribution is 2.28. The zero-order valence-electron chi connectivity index (χ0n) is 15.0. The monoisotopic (exact) mass is 397 g/mol. The number of hydrogen-bond acceptors (Lipinski definition) is 7. The molecule has 0 aliphatic heterocycles. The molecule has 0 aliphatic rings. The van der Waals surface area contributed by atoms with Crippen molar-refractivity contribution >= 4 is 17.2 Å². The Hall–Kier alpha value is -4.02. The summed E-state index contributed by atoms with van der Waals surface area (Å²) in [6, 6.07) is 4.97. The van der Waals surface area contributed by atoms with Crippen LogP contribution in [0.4, 0.5) is 20.3 Å². The SMILES string of the molecule is CC(Nc1nc(-c2cnc3ccc(F)cn23)ncc1[N+](=O)[O-])c1ccc(F)cn1. The van der Waals surface area contributed by atoms with Crippen LogP contribution in [0.15, 0.2) is 49.1 Å². The van der Waals surface area contributed by atoms with Crippen molar-refractivity contribution in [3.8, 4) is 11.5 Å². The van der Waals surface area contributed by atoms with Crippen LogP contribution in [0, 0.1) is 21.7 Å². The fourth-order valence-corrected chi connectivity index (χ4v) is 2.78. The highest BCUT2D eigenvalue weighted by atomic mass is 19.1. The van der Waals surface area contributed by atoms with Gasteiger partial charge in [-0.3, -0.25) is 19.5 Å². The molecule has 11 heteroatoms. The molecule has 0 aromatic carbocycles. The third-order valence-electron chi connectivity index (χ3n) is 4.21. The number of aromatic nitrogens is 5. The molecular weight excluding hydrogens is 384 g/mol. The Kier molecular flexibility index (Phi) is 4.55. The normalized spacial score (nSPS) is 12.1. The Bertz CT molecular complexity index is 1210. The number of halogens is 2. The first-order valence-corrected chi connectivity index (χ1v) is 8.45. The van der Waals surface area contributed by atoms with Gasteiger partial charge in [-0.2, -0.15) is 0 Å². The molecule has 0 spiro atoms. The van der Waals surface area contributed by atoms with E-state index in [4.69, 9.17) is 0 Å².